The van der Waals surface area contributed by atoms with Gasteiger partial charge in [-0.2, -0.15) is 0 Å². The van der Waals surface area contributed by atoms with Gasteiger partial charge in [-0.25, -0.2) is 8.42 Å². The Hall–Kier alpha value is -1.43. The van der Waals surface area contributed by atoms with Crippen LogP contribution in [0.5, 0.6) is 0 Å². The highest BCUT2D eigenvalue weighted by Crippen LogP contribution is 2.29. The third-order valence-electron chi connectivity index (χ3n) is 3.09. The number of halogens is 2. The van der Waals surface area contributed by atoms with E-state index >= 15 is 0 Å². The van der Waals surface area contributed by atoms with Crippen molar-refractivity contribution < 1.29 is 8.42 Å². The number of anilines is 2. The molecule has 21 heavy (non-hydrogen) atoms. The van der Waals surface area contributed by atoms with Crippen LogP contribution >= 0.6 is 23.2 Å². The van der Waals surface area contributed by atoms with Crippen LogP contribution < -0.4 is 10.5 Å². The van der Waals surface area contributed by atoms with Gasteiger partial charge in [-0.15, -0.1) is 0 Å². The van der Waals surface area contributed by atoms with Gasteiger partial charge in [-0.05, 0) is 49.2 Å². The summed E-state index contributed by atoms with van der Waals surface area (Å²) >= 11 is 11.7. The van der Waals surface area contributed by atoms with Crippen LogP contribution in [0.2, 0.25) is 10.0 Å². The molecule has 0 heterocycles. The molecule has 0 aliphatic rings. The fraction of sp³-hybridized carbons (Fsp3) is 0.143. The van der Waals surface area contributed by atoms with E-state index in [1.54, 1.807) is 19.1 Å². The maximum atomic E-state index is 12.5. The summed E-state index contributed by atoms with van der Waals surface area (Å²) in [5.74, 6) is 0. The molecule has 0 bridgehead atoms. The van der Waals surface area contributed by atoms with Crippen molar-refractivity contribution in [3.8, 4) is 0 Å². The second kappa shape index (κ2) is 5.75. The van der Waals surface area contributed by atoms with Crippen LogP contribution in [0.25, 0.3) is 0 Å². The summed E-state index contributed by atoms with van der Waals surface area (Å²) < 4.78 is 27.5. The number of hydrogen-bond donors (Lipinski definition) is 2. The minimum absolute atomic E-state index is 0.0681. The second-order valence-electron chi connectivity index (χ2n) is 4.69. The van der Waals surface area contributed by atoms with Crippen molar-refractivity contribution in [1.29, 1.82) is 0 Å². The molecule has 0 radical (unpaired) electrons. The van der Waals surface area contributed by atoms with E-state index in [-0.39, 0.29) is 16.3 Å². The Morgan fingerprint density at radius 1 is 1.05 bits per heavy atom. The van der Waals surface area contributed by atoms with Crippen molar-refractivity contribution >= 4 is 44.6 Å². The first kappa shape index (κ1) is 15.9. The third-order valence-corrected chi connectivity index (χ3v) is 5.11. The monoisotopic (exact) mass is 344 g/mol. The second-order valence-corrected chi connectivity index (χ2v) is 7.18. The summed E-state index contributed by atoms with van der Waals surface area (Å²) in [4.78, 5) is 0.0681. The lowest BCUT2D eigenvalue weighted by atomic mass is 10.1. The lowest BCUT2D eigenvalue weighted by Crippen LogP contribution is -2.16. The van der Waals surface area contributed by atoms with E-state index in [9.17, 15) is 8.42 Å². The number of nitrogen functional groups attached to an aromatic ring is 1. The van der Waals surface area contributed by atoms with Crippen LogP contribution in [0.1, 0.15) is 11.1 Å². The Labute approximate surface area is 133 Å². The normalized spacial score (nSPS) is 11.4. The molecular weight excluding hydrogens is 331 g/mol. The van der Waals surface area contributed by atoms with Crippen molar-refractivity contribution in [1.82, 2.24) is 0 Å². The largest absolute Gasteiger partial charge is 0.398 e. The average molecular weight is 345 g/mol. The van der Waals surface area contributed by atoms with E-state index in [0.29, 0.717) is 15.6 Å². The van der Waals surface area contributed by atoms with Crippen LogP contribution in [-0.4, -0.2) is 8.42 Å². The lowest BCUT2D eigenvalue weighted by molar-refractivity contribution is 0.601. The molecule has 0 saturated carbocycles. The smallest absolute Gasteiger partial charge is 0.264 e. The summed E-state index contributed by atoms with van der Waals surface area (Å²) in [6.07, 6.45) is 0. The molecule has 0 aliphatic carbocycles. The third kappa shape index (κ3) is 3.43. The zero-order valence-corrected chi connectivity index (χ0v) is 13.8. The maximum absolute atomic E-state index is 12.5. The highest BCUT2D eigenvalue weighted by atomic mass is 35.5. The van der Waals surface area contributed by atoms with Gasteiger partial charge in [0.25, 0.3) is 10.0 Å². The zero-order valence-electron chi connectivity index (χ0n) is 11.4. The first-order chi connectivity index (χ1) is 9.70. The molecule has 0 spiro atoms. The molecule has 2 rings (SSSR count). The van der Waals surface area contributed by atoms with Crippen LogP contribution in [-0.2, 0) is 10.0 Å². The van der Waals surface area contributed by atoms with Crippen LogP contribution in [0, 0.1) is 13.8 Å². The molecule has 0 aliphatic heterocycles. The Morgan fingerprint density at radius 3 is 2.19 bits per heavy atom. The fourth-order valence-electron chi connectivity index (χ4n) is 1.99. The molecule has 0 saturated heterocycles. The van der Waals surface area contributed by atoms with Crippen molar-refractivity contribution in [3.05, 3.63) is 51.5 Å². The van der Waals surface area contributed by atoms with E-state index in [4.69, 9.17) is 28.9 Å². The Kier molecular flexibility index (Phi) is 4.37. The summed E-state index contributed by atoms with van der Waals surface area (Å²) in [6.45, 7) is 3.54. The van der Waals surface area contributed by atoms with Gasteiger partial charge in [0.2, 0.25) is 0 Å². The SMILES string of the molecule is Cc1ccc(N)c(S(=O)(=O)Nc2cc(Cl)cc(Cl)c2)c1C. The predicted octanol–water partition coefficient (Wildman–Crippen LogP) is 3.99. The molecule has 7 heteroatoms. The number of sulfonamides is 1. The summed E-state index contributed by atoms with van der Waals surface area (Å²) in [7, 11) is -3.82. The number of nitrogens with two attached hydrogens (primary N) is 1. The number of nitrogens with one attached hydrogen (secondary N) is 1. The van der Waals surface area contributed by atoms with Gasteiger partial charge in [0, 0.05) is 10.0 Å². The van der Waals surface area contributed by atoms with Crippen molar-refractivity contribution in [2.24, 2.45) is 0 Å². The van der Waals surface area contributed by atoms with E-state index in [1.807, 2.05) is 6.92 Å². The molecule has 112 valence electrons. The molecule has 0 unspecified atom stereocenters. The van der Waals surface area contributed by atoms with Crippen molar-refractivity contribution in [3.63, 3.8) is 0 Å². The van der Waals surface area contributed by atoms with Gasteiger partial charge < -0.3 is 5.73 Å². The Balaban J connectivity index is 2.51. The van der Waals surface area contributed by atoms with Gasteiger partial charge in [-0.3, -0.25) is 4.72 Å². The lowest BCUT2D eigenvalue weighted by Gasteiger charge is -2.14. The van der Waals surface area contributed by atoms with E-state index in [2.05, 4.69) is 4.72 Å². The van der Waals surface area contributed by atoms with Gasteiger partial charge in [0.15, 0.2) is 0 Å². The van der Waals surface area contributed by atoms with E-state index in [1.165, 1.54) is 18.2 Å². The molecule has 4 nitrogen and oxygen atoms in total. The maximum Gasteiger partial charge on any atom is 0.264 e. The van der Waals surface area contributed by atoms with E-state index < -0.39 is 10.0 Å². The Morgan fingerprint density at radius 2 is 1.62 bits per heavy atom. The van der Waals surface area contributed by atoms with E-state index in [0.717, 1.165) is 5.56 Å². The van der Waals surface area contributed by atoms with Crippen molar-refractivity contribution in [2.75, 3.05) is 10.5 Å². The van der Waals surface area contributed by atoms with Gasteiger partial charge in [0.05, 0.1) is 11.4 Å². The van der Waals surface area contributed by atoms with Crippen LogP contribution in [0.3, 0.4) is 0 Å². The highest BCUT2D eigenvalue weighted by Gasteiger charge is 2.21. The average Bonchev–Trinajstić information content (AvgIpc) is 2.32. The standard InChI is InChI=1S/C14H14Cl2N2O2S/c1-8-3-4-13(17)14(9(8)2)21(19,20)18-12-6-10(15)5-11(16)7-12/h3-7,18H,17H2,1-2H3. The number of rotatable bonds is 3. The molecule has 0 aromatic heterocycles. The van der Waals surface area contributed by atoms with Crippen LogP contribution in [0.15, 0.2) is 35.2 Å². The summed E-state index contributed by atoms with van der Waals surface area (Å²) in [5, 5.41) is 0.684. The van der Waals surface area contributed by atoms with Crippen LogP contribution in [0.4, 0.5) is 11.4 Å². The Bertz CT molecular complexity index is 785. The molecule has 0 fully saturated rings. The topological polar surface area (TPSA) is 72.2 Å². The molecular formula is C14H14Cl2N2O2S. The molecule has 0 atom stereocenters. The first-order valence-corrected chi connectivity index (χ1v) is 8.29. The van der Waals surface area contributed by atoms with Gasteiger partial charge >= 0.3 is 0 Å². The predicted molar refractivity (Wildman–Crippen MR) is 87.6 cm³/mol. The molecule has 0 amide bonds. The number of hydrogen-bond acceptors (Lipinski definition) is 3. The first-order valence-electron chi connectivity index (χ1n) is 6.05. The fourth-order valence-corrected chi connectivity index (χ4v) is 3.99. The van der Waals surface area contributed by atoms with Crippen molar-refractivity contribution in [2.45, 2.75) is 18.7 Å². The highest BCUT2D eigenvalue weighted by molar-refractivity contribution is 7.93. The minimum Gasteiger partial charge on any atom is -0.398 e. The zero-order chi connectivity index (χ0) is 15.8. The number of benzene rings is 2. The molecule has 2 aromatic carbocycles. The molecule has 2 aromatic rings. The summed E-state index contributed by atoms with van der Waals surface area (Å²) in [5.41, 5.74) is 7.75. The van der Waals surface area contributed by atoms with Gasteiger partial charge in [-0.1, -0.05) is 29.3 Å². The summed E-state index contributed by atoms with van der Waals surface area (Å²) in [6, 6.07) is 7.83. The number of aryl methyl sites for hydroxylation is 1. The minimum atomic E-state index is -3.82. The quantitative estimate of drug-likeness (QED) is 0.826. The molecule has 3 N–H and O–H groups in total. The van der Waals surface area contributed by atoms with Gasteiger partial charge in [0.1, 0.15) is 4.90 Å².